The van der Waals surface area contributed by atoms with Crippen LogP contribution < -0.4 is 0 Å². The Morgan fingerprint density at radius 2 is 2.13 bits per heavy atom. The Labute approximate surface area is 97.1 Å². The van der Waals surface area contributed by atoms with Crippen LogP contribution in [-0.4, -0.2) is 19.3 Å². The molecule has 2 aromatic rings. The van der Waals surface area contributed by atoms with Crippen LogP contribution in [0.1, 0.15) is 17.2 Å². The molecule has 0 unspecified atom stereocenters. The molecule has 2 aromatic heterocycles. The first-order valence-corrected chi connectivity index (χ1v) is 5.54. The van der Waals surface area contributed by atoms with E-state index in [2.05, 4.69) is 30.6 Å². The second-order valence-electron chi connectivity index (χ2n) is 3.57. The Kier molecular flexibility index (Phi) is 2.65. The zero-order valence-electron chi connectivity index (χ0n) is 9.03. The van der Waals surface area contributed by atoms with Gasteiger partial charge in [0.25, 0.3) is 0 Å². The number of halogens is 1. The molecule has 0 aliphatic rings. The summed E-state index contributed by atoms with van der Waals surface area (Å²) in [7, 11) is 1.96. The standard InChI is InChI=1S/C10H13BrN4/c1-7-10(11)9(14(3)13-7)6-15-5-4-12-8(15)2/h4-5H,6H2,1-3H3. The number of aromatic nitrogens is 4. The molecule has 2 heterocycles. The Bertz CT molecular complexity index is 484. The average Bonchev–Trinajstić information content (AvgIpc) is 2.67. The molecule has 0 saturated heterocycles. The van der Waals surface area contributed by atoms with E-state index in [1.807, 2.05) is 38.0 Å². The van der Waals surface area contributed by atoms with E-state index in [1.165, 1.54) is 0 Å². The van der Waals surface area contributed by atoms with Gasteiger partial charge in [0.05, 0.1) is 22.4 Å². The SMILES string of the molecule is Cc1nn(C)c(Cn2ccnc2C)c1Br. The Morgan fingerprint density at radius 3 is 2.60 bits per heavy atom. The highest BCUT2D eigenvalue weighted by Crippen LogP contribution is 2.21. The number of rotatable bonds is 2. The average molecular weight is 269 g/mol. The third kappa shape index (κ3) is 1.84. The second-order valence-corrected chi connectivity index (χ2v) is 4.37. The van der Waals surface area contributed by atoms with Gasteiger partial charge in [-0.25, -0.2) is 4.98 Å². The molecular weight excluding hydrogens is 256 g/mol. The summed E-state index contributed by atoms with van der Waals surface area (Å²) in [5.74, 6) is 1.01. The quantitative estimate of drug-likeness (QED) is 0.836. The van der Waals surface area contributed by atoms with Crippen molar-refractivity contribution in [3.8, 4) is 0 Å². The van der Waals surface area contributed by atoms with Crippen molar-refractivity contribution in [2.24, 2.45) is 7.05 Å². The maximum atomic E-state index is 4.36. The summed E-state index contributed by atoms with van der Waals surface area (Å²) in [6.45, 7) is 4.79. The van der Waals surface area contributed by atoms with E-state index in [-0.39, 0.29) is 0 Å². The summed E-state index contributed by atoms with van der Waals surface area (Å²) >= 11 is 3.55. The topological polar surface area (TPSA) is 35.6 Å². The van der Waals surface area contributed by atoms with E-state index in [0.29, 0.717) is 0 Å². The first-order chi connectivity index (χ1) is 7.09. The monoisotopic (exact) mass is 268 g/mol. The van der Waals surface area contributed by atoms with Crippen LogP contribution >= 0.6 is 15.9 Å². The maximum absolute atomic E-state index is 4.36. The molecule has 4 nitrogen and oxygen atoms in total. The predicted octanol–water partition coefficient (Wildman–Crippen LogP) is 2.04. The number of imidazole rings is 1. The van der Waals surface area contributed by atoms with Crippen molar-refractivity contribution in [2.75, 3.05) is 0 Å². The van der Waals surface area contributed by atoms with Crippen molar-refractivity contribution in [3.05, 3.63) is 34.1 Å². The minimum atomic E-state index is 0.795. The van der Waals surface area contributed by atoms with Crippen LogP contribution in [-0.2, 0) is 13.6 Å². The van der Waals surface area contributed by atoms with Crippen molar-refractivity contribution in [1.29, 1.82) is 0 Å². The van der Waals surface area contributed by atoms with Gasteiger partial charge < -0.3 is 4.57 Å². The van der Waals surface area contributed by atoms with Gasteiger partial charge in [-0.2, -0.15) is 5.10 Å². The third-order valence-corrected chi connectivity index (χ3v) is 3.54. The Hall–Kier alpha value is -1.10. The highest BCUT2D eigenvalue weighted by Gasteiger charge is 2.11. The lowest BCUT2D eigenvalue weighted by Gasteiger charge is -2.05. The third-order valence-electron chi connectivity index (χ3n) is 2.51. The zero-order chi connectivity index (χ0) is 11.0. The van der Waals surface area contributed by atoms with Gasteiger partial charge >= 0.3 is 0 Å². The summed E-state index contributed by atoms with van der Waals surface area (Å²) in [6.07, 6.45) is 3.79. The van der Waals surface area contributed by atoms with E-state index in [9.17, 15) is 0 Å². The molecule has 0 spiro atoms. The normalized spacial score (nSPS) is 10.9. The van der Waals surface area contributed by atoms with Gasteiger partial charge in [-0.15, -0.1) is 0 Å². The summed E-state index contributed by atoms with van der Waals surface area (Å²) < 4.78 is 5.08. The molecule has 0 atom stereocenters. The highest BCUT2D eigenvalue weighted by molar-refractivity contribution is 9.10. The van der Waals surface area contributed by atoms with Crippen LogP contribution in [0.2, 0.25) is 0 Å². The summed E-state index contributed by atoms with van der Waals surface area (Å²) in [4.78, 5) is 4.20. The zero-order valence-corrected chi connectivity index (χ0v) is 10.6. The smallest absolute Gasteiger partial charge is 0.105 e. The molecule has 0 aliphatic heterocycles. The fourth-order valence-electron chi connectivity index (χ4n) is 1.58. The van der Waals surface area contributed by atoms with E-state index in [1.54, 1.807) is 0 Å². The van der Waals surface area contributed by atoms with Crippen LogP contribution in [0.15, 0.2) is 16.9 Å². The molecular formula is C10H13BrN4. The molecule has 0 radical (unpaired) electrons. The summed E-state index contributed by atoms with van der Waals surface area (Å²) in [6, 6.07) is 0. The van der Waals surface area contributed by atoms with Gasteiger partial charge in [-0.3, -0.25) is 4.68 Å². The fourth-order valence-corrected chi connectivity index (χ4v) is 2.05. The second kappa shape index (κ2) is 3.81. The summed E-state index contributed by atoms with van der Waals surface area (Å²) in [5.41, 5.74) is 2.18. The van der Waals surface area contributed by atoms with Crippen LogP contribution in [0.4, 0.5) is 0 Å². The number of hydrogen-bond donors (Lipinski definition) is 0. The molecule has 0 saturated carbocycles. The molecule has 0 fully saturated rings. The molecule has 15 heavy (non-hydrogen) atoms. The summed E-state index contributed by atoms with van der Waals surface area (Å²) in [5, 5.41) is 4.36. The minimum absolute atomic E-state index is 0.795. The van der Waals surface area contributed by atoms with Crippen molar-refractivity contribution < 1.29 is 0 Å². The van der Waals surface area contributed by atoms with Crippen LogP contribution in [0, 0.1) is 13.8 Å². The molecule has 0 aliphatic carbocycles. The van der Waals surface area contributed by atoms with E-state index < -0.39 is 0 Å². The van der Waals surface area contributed by atoms with Gasteiger partial charge in [0, 0.05) is 19.4 Å². The van der Waals surface area contributed by atoms with Gasteiger partial charge in [0.1, 0.15) is 5.82 Å². The lowest BCUT2D eigenvalue weighted by atomic mass is 10.3. The van der Waals surface area contributed by atoms with Gasteiger partial charge in [0.2, 0.25) is 0 Å². The molecule has 2 rings (SSSR count). The van der Waals surface area contributed by atoms with Crippen molar-refractivity contribution in [2.45, 2.75) is 20.4 Å². The fraction of sp³-hybridized carbons (Fsp3) is 0.400. The van der Waals surface area contributed by atoms with E-state index in [4.69, 9.17) is 0 Å². The minimum Gasteiger partial charge on any atom is -0.329 e. The van der Waals surface area contributed by atoms with Gasteiger partial charge in [-0.05, 0) is 29.8 Å². The lowest BCUT2D eigenvalue weighted by Crippen LogP contribution is -2.06. The van der Waals surface area contributed by atoms with Crippen LogP contribution in [0.5, 0.6) is 0 Å². The predicted molar refractivity (Wildman–Crippen MR) is 61.7 cm³/mol. The van der Waals surface area contributed by atoms with Crippen LogP contribution in [0.3, 0.4) is 0 Å². The first-order valence-electron chi connectivity index (χ1n) is 4.75. The molecule has 5 heteroatoms. The molecule has 80 valence electrons. The van der Waals surface area contributed by atoms with Crippen molar-refractivity contribution in [1.82, 2.24) is 19.3 Å². The lowest BCUT2D eigenvalue weighted by molar-refractivity contribution is 0.652. The first kappa shape index (κ1) is 10.4. The largest absolute Gasteiger partial charge is 0.329 e. The Balaban J connectivity index is 2.36. The van der Waals surface area contributed by atoms with E-state index in [0.717, 1.165) is 28.2 Å². The molecule has 0 bridgehead atoms. The van der Waals surface area contributed by atoms with Crippen molar-refractivity contribution in [3.63, 3.8) is 0 Å². The number of aryl methyl sites for hydroxylation is 3. The number of nitrogens with zero attached hydrogens (tertiary/aromatic N) is 4. The molecule has 0 aromatic carbocycles. The van der Waals surface area contributed by atoms with Gasteiger partial charge in [0.15, 0.2) is 0 Å². The highest BCUT2D eigenvalue weighted by atomic mass is 79.9. The van der Waals surface area contributed by atoms with Crippen molar-refractivity contribution >= 4 is 15.9 Å². The molecule has 0 N–H and O–H groups in total. The maximum Gasteiger partial charge on any atom is 0.105 e. The van der Waals surface area contributed by atoms with Gasteiger partial charge in [-0.1, -0.05) is 0 Å². The molecule has 0 amide bonds. The number of hydrogen-bond acceptors (Lipinski definition) is 2. The van der Waals surface area contributed by atoms with E-state index >= 15 is 0 Å². The van der Waals surface area contributed by atoms with Crippen LogP contribution in [0.25, 0.3) is 0 Å². The Morgan fingerprint density at radius 1 is 1.40 bits per heavy atom.